The SMILES string of the molecule is c1ccc(-c2ccc3c(c2)c2cccc4c2c2c(ccc5c6ccccc6n3c52)n4-c2cccc(-c3cccc4oc5ccccc5c34)c2)cc1. The van der Waals surface area contributed by atoms with Crippen LogP contribution in [0.4, 0.5) is 0 Å². The minimum atomic E-state index is 0.909. The molecule has 0 saturated carbocycles. The Kier molecular flexibility index (Phi) is 5.23. The van der Waals surface area contributed by atoms with E-state index in [0.717, 1.165) is 33.2 Å². The number of furan rings is 1. The van der Waals surface area contributed by atoms with Crippen LogP contribution in [0.2, 0.25) is 0 Å². The first kappa shape index (κ1) is 27.0. The second-order valence-corrected chi connectivity index (χ2v) is 13.7. The number of benzene rings is 8. The van der Waals surface area contributed by atoms with Gasteiger partial charge in [0.2, 0.25) is 0 Å². The van der Waals surface area contributed by atoms with Crippen LogP contribution in [0.25, 0.3) is 110 Å². The minimum Gasteiger partial charge on any atom is -0.456 e. The molecule has 3 nitrogen and oxygen atoms in total. The molecule has 12 rings (SSSR count). The van der Waals surface area contributed by atoms with Crippen LogP contribution in [0.3, 0.4) is 0 Å². The van der Waals surface area contributed by atoms with Gasteiger partial charge in [-0.1, -0.05) is 115 Å². The lowest BCUT2D eigenvalue weighted by molar-refractivity contribution is 0.669. The number of fused-ring (bicyclic) bond motifs is 9. The third-order valence-electron chi connectivity index (χ3n) is 11.0. The van der Waals surface area contributed by atoms with E-state index in [1.54, 1.807) is 0 Å². The van der Waals surface area contributed by atoms with Gasteiger partial charge in [-0.15, -0.1) is 0 Å². The molecule has 0 aliphatic carbocycles. The van der Waals surface area contributed by atoms with Crippen molar-refractivity contribution < 1.29 is 4.42 Å². The van der Waals surface area contributed by atoms with E-state index < -0.39 is 0 Å². The molecule has 3 heteroatoms. The van der Waals surface area contributed by atoms with Crippen molar-refractivity contribution in [3.8, 4) is 27.9 Å². The van der Waals surface area contributed by atoms with Gasteiger partial charge in [0.1, 0.15) is 11.2 Å². The van der Waals surface area contributed by atoms with Gasteiger partial charge >= 0.3 is 0 Å². The first-order valence-electron chi connectivity index (χ1n) is 17.5. The molecule has 4 aromatic heterocycles. The molecule has 0 amide bonds. The van der Waals surface area contributed by atoms with Crippen LogP contribution in [0.15, 0.2) is 174 Å². The standard InChI is InChI=1S/C48H28N2O/c1-2-11-29(12-3-1)30-23-25-40-38(28-30)35-18-9-20-41-46(35)47-42(26-24-36-34-15-4-6-19-39(34)50(40)48(36)47)49(41)32-14-8-13-31(27-32)33-17-10-22-44-45(33)37-16-5-7-21-43(37)51-44/h1-28H. The van der Waals surface area contributed by atoms with Crippen molar-refractivity contribution in [2.24, 2.45) is 0 Å². The van der Waals surface area contributed by atoms with E-state index in [0.29, 0.717) is 0 Å². The summed E-state index contributed by atoms with van der Waals surface area (Å²) in [6, 6.07) is 61.8. The first-order chi connectivity index (χ1) is 25.3. The van der Waals surface area contributed by atoms with Crippen LogP contribution >= 0.6 is 0 Å². The maximum absolute atomic E-state index is 6.29. The predicted molar refractivity (Wildman–Crippen MR) is 214 cm³/mol. The Hall–Kier alpha value is -6.84. The van der Waals surface area contributed by atoms with Crippen LogP contribution in [0, 0.1) is 0 Å². The lowest BCUT2D eigenvalue weighted by Gasteiger charge is -2.12. The molecule has 0 radical (unpaired) electrons. The van der Waals surface area contributed by atoms with E-state index in [1.807, 2.05) is 6.07 Å². The number of rotatable bonds is 3. The van der Waals surface area contributed by atoms with Crippen LogP contribution in [0.5, 0.6) is 0 Å². The number of aromatic nitrogens is 2. The summed E-state index contributed by atoms with van der Waals surface area (Å²) in [4.78, 5) is 0. The fraction of sp³-hybridized carbons (Fsp3) is 0. The lowest BCUT2D eigenvalue weighted by atomic mass is 9.99. The monoisotopic (exact) mass is 648 g/mol. The molecule has 51 heavy (non-hydrogen) atoms. The van der Waals surface area contributed by atoms with E-state index in [1.165, 1.54) is 76.6 Å². The minimum absolute atomic E-state index is 0.909. The van der Waals surface area contributed by atoms with Crippen LogP contribution in [-0.2, 0) is 0 Å². The van der Waals surface area contributed by atoms with E-state index in [9.17, 15) is 0 Å². The van der Waals surface area contributed by atoms with E-state index in [4.69, 9.17) is 4.42 Å². The quantitative estimate of drug-likeness (QED) is 0.187. The average Bonchev–Trinajstić information content (AvgIpc) is 3.83. The van der Waals surface area contributed by atoms with Crippen molar-refractivity contribution in [3.63, 3.8) is 0 Å². The summed E-state index contributed by atoms with van der Waals surface area (Å²) in [5.41, 5.74) is 13.8. The first-order valence-corrected chi connectivity index (χ1v) is 17.5. The maximum Gasteiger partial charge on any atom is 0.136 e. The molecule has 0 fully saturated rings. The van der Waals surface area contributed by atoms with Crippen molar-refractivity contribution in [2.45, 2.75) is 0 Å². The van der Waals surface area contributed by atoms with Crippen molar-refractivity contribution in [3.05, 3.63) is 170 Å². The van der Waals surface area contributed by atoms with Crippen LogP contribution < -0.4 is 0 Å². The highest BCUT2D eigenvalue weighted by molar-refractivity contribution is 6.33. The van der Waals surface area contributed by atoms with Gasteiger partial charge in [0.05, 0.1) is 27.6 Å². The lowest BCUT2D eigenvalue weighted by Crippen LogP contribution is -1.95. The summed E-state index contributed by atoms with van der Waals surface area (Å²) in [5.74, 6) is 0. The molecular weight excluding hydrogens is 621 g/mol. The zero-order valence-electron chi connectivity index (χ0n) is 27.5. The second kappa shape index (κ2) is 9.87. The highest BCUT2D eigenvalue weighted by Gasteiger charge is 2.23. The van der Waals surface area contributed by atoms with Gasteiger partial charge in [0, 0.05) is 43.4 Å². The molecule has 0 saturated heterocycles. The Labute approximate surface area is 292 Å². The van der Waals surface area contributed by atoms with E-state index in [2.05, 4.69) is 173 Å². The van der Waals surface area contributed by atoms with Gasteiger partial charge in [-0.2, -0.15) is 0 Å². The summed E-state index contributed by atoms with van der Waals surface area (Å²) in [7, 11) is 0. The maximum atomic E-state index is 6.29. The fourth-order valence-electron chi connectivity index (χ4n) is 8.94. The third kappa shape index (κ3) is 3.57. The molecule has 0 aliphatic heterocycles. The smallest absolute Gasteiger partial charge is 0.136 e. The molecule has 0 unspecified atom stereocenters. The number of hydrogen-bond donors (Lipinski definition) is 0. The normalized spacial score (nSPS) is 12.3. The number of nitrogens with zero attached hydrogens (tertiary/aromatic N) is 2. The fourth-order valence-corrected chi connectivity index (χ4v) is 8.94. The third-order valence-corrected chi connectivity index (χ3v) is 11.0. The zero-order valence-corrected chi connectivity index (χ0v) is 27.5. The Morgan fingerprint density at radius 3 is 1.98 bits per heavy atom. The van der Waals surface area contributed by atoms with Gasteiger partial charge in [-0.3, -0.25) is 0 Å². The molecular formula is C48H28N2O. The predicted octanol–water partition coefficient (Wildman–Crippen LogP) is 13.2. The van der Waals surface area contributed by atoms with Crippen LogP contribution in [0.1, 0.15) is 0 Å². The molecule has 236 valence electrons. The van der Waals surface area contributed by atoms with Crippen molar-refractivity contribution >= 4 is 81.8 Å². The summed E-state index contributed by atoms with van der Waals surface area (Å²) in [6.45, 7) is 0. The summed E-state index contributed by atoms with van der Waals surface area (Å²) >= 11 is 0. The highest BCUT2D eigenvalue weighted by Crippen LogP contribution is 2.46. The molecule has 12 aromatic rings. The van der Waals surface area contributed by atoms with Gasteiger partial charge in [-0.05, 0) is 82.2 Å². The Balaban J connectivity index is 1.22. The Bertz CT molecular complexity index is 3360. The van der Waals surface area contributed by atoms with Gasteiger partial charge < -0.3 is 13.4 Å². The highest BCUT2D eigenvalue weighted by atomic mass is 16.3. The van der Waals surface area contributed by atoms with Crippen molar-refractivity contribution in [2.75, 3.05) is 0 Å². The number of hydrogen-bond acceptors (Lipinski definition) is 1. The Morgan fingerprint density at radius 2 is 1.04 bits per heavy atom. The van der Waals surface area contributed by atoms with Gasteiger partial charge in [0.15, 0.2) is 0 Å². The Morgan fingerprint density at radius 1 is 0.353 bits per heavy atom. The molecule has 0 N–H and O–H groups in total. The van der Waals surface area contributed by atoms with E-state index >= 15 is 0 Å². The molecule has 0 aliphatic rings. The van der Waals surface area contributed by atoms with Crippen LogP contribution in [-0.4, -0.2) is 8.97 Å². The molecule has 4 heterocycles. The summed E-state index contributed by atoms with van der Waals surface area (Å²) in [5, 5.41) is 9.93. The summed E-state index contributed by atoms with van der Waals surface area (Å²) < 4.78 is 11.3. The largest absolute Gasteiger partial charge is 0.456 e. The summed E-state index contributed by atoms with van der Waals surface area (Å²) in [6.07, 6.45) is 0. The topological polar surface area (TPSA) is 22.5 Å². The van der Waals surface area contributed by atoms with Gasteiger partial charge in [0.25, 0.3) is 0 Å². The van der Waals surface area contributed by atoms with Gasteiger partial charge in [-0.25, -0.2) is 0 Å². The average molecular weight is 649 g/mol. The number of para-hydroxylation sites is 2. The second-order valence-electron chi connectivity index (χ2n) is 13.7. The van der Waals surface area contributed by atoms with Crippen molar-refractivity contribution in [1.29, 1.82) is 0 Å². The molecule has 0 bridgehead atoms. The van der Waals surface area contributed by atoms with E-state index in [-0.39, 0.29) is 0 Å². The van der Waals surface area contributed by atoms with Crippen molar-refractivity contribution in [1.82, 2.24) is 8.97 Å². The zero-order chi connectivity index (χ0) is 33.2. The molecule has 8 aromatic carbocycles. The molecule has 0 spiro atoms. The molecule has 0 atom stereocenters.